The van der Waals surface area contributed by atoms with Gasteiger partial charge in [-0.05, 0) is 42.3 Å². The van der Waals surface area contributed by atoms with Crippen molar-refractivity contribution in [2.45, 2.75) is 19.4 Å². The molecule has 0 bridgehead atoms. The highest BCUT2D eigenvalue weighted by atomic mass is 16.5. The Morgan fingerprint density at radius 2 is 1.76 bits per heavy atom. The van der Waals surface area contributed by atoms with Crippen molar-refractivity contribution in [3.05, 3.63) is 65.2 Å². The number of benzene rings is 2. The highest BCUT2D eigenvalue weighted by Gasteiger charge is 2.34. The van der Waals surface area contributed by atoms with Crippen LogP contribution in [0, 0.1) is 6.92 Å². The van der Waals surface area contributed by atoms with Gasteiger partial charge in [0.05, 0.1) is 32.1 Å². The number of hydrogen-bond donors (Lipinski definition) is 0. The second kappa shape index (κ2) is 12.8. The summed E-state index contributed by atoms with van der Waals surface area (Å²) in [6.45, 7) is 6.01. The molecule has 0 aromatic heterocycles. The first-order valence-corrected chi connectivity index (χ1v) is 12.7. The van der Waals surface area contributed by atoms with E-state index in [1.54, 1.807) is 17.0 Å². The molecule has 9 nitrogen and oxygen atoms in total. The number of rotatable bonds is 10. The molecule has 0 N–H and O–H groups in total. The van der Waals surface area contributed by atoms with Crippen LogP contribution in [0.5, 0.6) is 5.75 Å². The fourth-order valence-electron chi connectivity index (χ4n) is 4.58. The Balaban J connectivity index is 1.54. The summed E-state index contributed by atoms with van der Waals surface area (Å²) < 4.78 is 15.8. The van der Waals surface area contributed by atoms with Crippen LogP contribution >= 0.6 is 0 Å². The third-order valence-electron chi connectivity index (χ3n) is 6.79. The first-order chi connectivity index (χ1) is 18.0. The average molecular weight is 509 g/mol. The zero-order valence-corrected chi connectivity index (χ0v) is 21.9. The number of morpholine rings is 1. The Labute approximate surface area is 218 Å². The number of carbonyl (C=O) groups excluding carboxylic acids is 2. The van der Waals surface area contributed by atoms with E-state index >= 15 is 0 Å². The fraction of sp³-hybridized carbons (Fsp3) is 0.464. The lowest BCUT2D eigenvalue weighted by molar-refractivity contribution is -0.143. The van der Waals surface area contributed by atoms with E-state index < -0.39 is 0 Å². The summed E-state index contributed by atoms with van der Waals surface area (Å²) in [5.41, 5.74) is 3.92. The third-order valence-corrected chi connectivity index (χ3v) is 6.79. The average Bonchev–Trinajstić information content (AvgIpc) is 3.38. The first-order valence-electron chi connectivity index (χ1n) is 12.7. The van der Waals surface area contributed by atoms with Gasteiger partial charge in [0.25, 0.3) is 5.91 Å². The van der Waals surface area contributed by atoms with E-state index in [1.165, 1.54) is 7.11 Å². The molecule has 2 aromatic rings. The van der Waals surface area contributed by atoms with E-state index in [2.05, 4.69) is 4.90 Å². The first kappa shape index (κ1) is 26.8. The van der Waals surface area contributed by atoms with Crippen LogP contribution in [-0.2, 0) is 19.1 Å². The van der Waals surface area contributed by atoms with Crippen LogP contribution in [0.2, 0.25) is 0 Å². The van der Waals surface area contributed by atoms with Gasteiger partial charge in [-0.2, -0.15) is 5.10 Å². The molecular formula is C28H36N4O5. The Kier molecular flexibility index (Phi) is 9.27. The molecule has 2 aliphatic rings. The number of carbonyl (C=O) groups is 2. The standard InChI is InChI=1S/C28H36N4O5/c1-21-4-6-23(7-5-21)26-18-25(22-8-10-24(36-3)11-9-22)29-32(26)27(33)19-31(28(34)20-35-2)13-12-30-14-16-37-17-15-30/h4-11,26H,12-20H2,1-3H3. The highest BCUT2D eigenvalue weighted by Crippen LogP contribution is 2.33. The van der Waals surface area contributed by atoms with Crippen molar-refractivity contribution in [2.75, 3.05) is 66.8 Å². The van der Waals surface area contributed by atoms with Crippen LogP contribution in [-0.4, -0.2) is 99.1 Å². The van der Waals surface area contributed by atoms with E-state index in [0.29, 0.717) is 32.7 Å². The summed E-state index contributed by atoms with van der Waals surface area (Å²) >= 11 is 0. The minimum atomic E-state index is -0.246. The topological polar surface area (TPSA) is 83.9 Å². The summed E-state index contributed by atoms with van der Waals surface area (Å²) in [5.74, 6) is 0.327. The summed E-state index contributed by atoms with van der Waals surface area (Å²) in [7, 11) is 3.12. The maximum Gasteiger partial charge on any atom is 0.262 e. The number of nitrogens with zero attached hydrogens (tertiary/aromatic N) is 4. The SMILES string of the molecule is COCC(=O)N(CCN1CCOCC1)CC(=O)N1N=C(c2ccc(OC)cc2)CC1c1ccc(C)cc1. The van der Waals surface area contributed by atoms with Gasteiger partial charge in [0.1, 0.15) is 18.9 Å². The molecule has 1 fully saturated rings. The van der Waals surface area contributed by atoms with Crippen molar-refractivity contribution in [1.29, 1.82) is 0 Å². The van der Waals surface area contributed by atoms with Crippen molar-refractivity contribution < 1.29 is 23.8 Å². The molecule has 0 saturated carbocycles. The number of ether oxygens (including phenoxy) is 3. The lowest BCUT2D eigenvalue weighted by atomic mass is 9.97. The van der Waals surface area contributed by atoms with Gasteiger partial charge in [0.2, 0.25) is 5.91 Å². The van der Waals surface area contributed by atoms with E-state index in [4.69, 9.17) is 19.3 Å². The van der Waals surface area contributed by atoms with Gasteiger partial charge in [-0.25, -0.2) is 5.01 Å². The maximum absolute atomic E-state index is 13.7. The second-order valence-corrected chi connectivity index (χ2v) is 9.35. The Hall–Kier alpha value is -3.27. The molecule has 2 aromatic carbocycles. The fourth-order valence-corrected chi connectivity index (χ4v) is 4.58. The van der Waals surface area contributed by atoms with Crippen molar-refractivity contribution in [3.8, 4) is 5.75 Å². The third kappa shape index (κ3) is 6.94. The van der Waals surface area contributed by atoms with Crippen LogP contribution < -0.4 is 4.74 Å². The molecule has 2 aliphatic heterocycles. The van der Waals surface area contributed by atoms with Crippen molar-refractivity contribution in [3.63, 3.8) is 0 Å². The number of methoxy groups -OCH3 is 2. The Bertz CT molecular complexity index is 1080. The minimum absolute atomic E-state index is 0.0612. The predicted octanol–water partition coefficient (Wildman–Crippen LogP) is 2.49. The summed E-state index contributed by atoms with van der Waals surface area (Å²) in [6.07, 6.45) is 0.584. The van der Waals surface area contributed by atoms with E-state index in [1.807, 2.05) is 55.5 Å². The molecule has 2 heterocycles. The highest BCUT2D eigenvalue weighted by molar-refractivity contribution is 6.03. The van der Waals surface area contributed by atoms with Gasteiger partial charge in [-0.3, -0.25) is 14.5 Å². The lowest BCUT2D eigenvalue weighted by Gasteiger charge is -2.31. The molecule has 1 atom stereocenters. The van der Waals surface area contributed by atoms with Gasteiger partial charge < -0.3 is 19.1 Å². The molecule has 0 spiro atoms. The summed E-state index contributed by atoms with van der Waals surface area (Å²) in [5, 5.41) is 6.31. The normalized spacial score (nSPS) is 18.0. The monoisotopic (exact) mass is 508 g/mol. The molecule has 198 valence electrons. The van der Waals surface area contributed by atoms with Crippen molar-refractivity contribution in [1.82, 2.24) is 14.8 Å². The molecule has 0 radical (unpaired) electrons. The number of hydrazone groups is 1. The van der Waals surface area contributed by atoms with Crippen LogP contribution in [0.1, 0.15) is 29.2 Å². The zero-order valence-electron chi connectivity index (χ0n) is 21.9. The van der Waals surface area contributed by atoms with E-state index in [0.717, 1.165) is 41.2 Å². The zero-order chi connectivity index (χ0) is 26.2. The minimum Gasteiger partial charge on any atom is -0.497 e. The van der Waals surface area contributed by atoms with Gasteiger partial charge in [0, 0.05) is 39.7 Å². The maximum atomic E-state index is 13.7. The molecule has 37 heavy (non-hydrogen) atoms. The van der Waals surface area contributed by atoms with Crippen molar-refractivity contribution >= 4 is 17.5 Å². The second-order valence-electron chi connectivity index (χ2n) is 9.35. The molecular weight excluding hydrogens is 472 g/mol. The molecule has 9 heteroatoms. The van der Waals surface area contributed by atoms with Crippen molar-refractivity contribution in [2.24, 2.45) is 5.10 Å². The van der Waals surface area contributed by atoms with Gasteiger partial charge >= 0.3 is 0 Å². The van der Waals surface area contributed by atoms with E-state index in [-0.39, 0.29) is 31.0 Å². The van der Waals surface area contributed by atoms with Gasteiger partial charge in [-0.1, -0.05) is 29.8 Å². The smallest absolute Gasteiger partial charge is 0.262 e. The Morgan fingerprint density at radius 3 is 2.41 bits per heavy atom. The molecule has 2 amide bonds. The summed E-state index contributed by atoms with van der Waals surface area (Å²) in [6, 6.07) is 15.6. The molecule has 4 rings (SSSR count). The van der Waals surface area contributed by atoms with Gasteiger partial charge in [-0.15, -0.1) is 0 Å². The summed E-state index contributed by atoms with van der Waals surface area (Å²) in [4.78, 5) is 30.3. The van der Waals surface area contributed by atoms with E-state index in [9.17, 15) is 9.59 Å². The predicted molar refractivity (Wildman–Crippen MR) is 141 cm³/mol. The van der Waals surface area contributed by atoms with Crippen LogP contribution in [0.25, 0.3) is 0 Å². The Morgan fingerprint density at radius 1 is 1.05 bits per heavy atom. The van der Waals surface area contributed by atoms with Crippen LogP contribution in [0.3, 0.4) is 0 Å². The van der Waals surface area contributed by atoms with Crippen LogP contribution in [0.15, 0.2) is 53.6 Å². The largest absolute Gasteiger partial charge is 0.497 e. The van der Waals surface area contributed by atoms with Crippen LogP contribution in [0.4, 0.5) is 0 Å². The molecule has 0 aliphatic carbocycles. The molecule has 1 unspecified atom stereocenters. The number of aryl methyl sites for hydroxylation is 1. The number of hydrogen-bond acceptors (Lipinski definition) is 7. The lowest BCUT2D eigenvalue weighted by Crippen LogP contribution is -2.47. The van der Waals surface area contributed by atoms with Gasteiger partial charge in [0.15, 0.2) is 0 Å². The molecule has 1 saturated heterocycles. The quantitative estimate of drug-likeness (QED) is 0.490. The number of amides is 2.